The van der Waals surface area contributed by atoms with E-state index in [0.29, 0.717) is 25.0 Å². The van der Waals surface area contributed by atoms with Gasteiger partial charge in [0, 0.05) is 6.04 Å². The molecule has 13 heavy (non-hydrogen) atoms. The number of nitrogens with one attached hydrogen (secondary N) is 1. The Morgan fingerprint density at radius 3 is 2.77 bits per heavy atom. The number of nitrogens with two attached hydrogens (primary N) is 1. The van der Waals surface area contributed by atoms with Crippen LogP contribution in [0.4, 0.5) is 0 Å². The van der Waals surface area contributed by atoms with Crippen molar-refractivity contribution in [1.82, 2.24) is 5.32 Å². The zero-order chi connectivity index (χ0) is 9.90. The standard InChI is InChI=1S/C9H19N3O/c1-3-9(2,13)6-11-8(10)12-7-4-5-7/h7,13H,3-6H2,1-2H3,(H3,10,11,12). The van der Waals surface area contributed by atoms with Gasteiger partial charge in [0.15, 0.2) is 5.96 Å². The lowest BCUT2D eigenvalue weighted by molar-refractivity contribution is 0.0657. The van der Waals surface area contributed by atoms with Crippen LogP contribution in [0.5, 0.6) is 0 Å². The first kappa shape index (κ1) is 10.3. The minimum atomic E-state index is -0.726. The lowest BCUT2D eigenvalue weighted by Crippen LogP contribution is -2.36. The Hall–Kier alpha value is -0.770. The van der Waals surface area contributed by atoms with Crippen LogP contribution in [0.15, 0.2) is 4.99 Å². The van der Waals surface area contributed by atoms with E-state index in [9.17, 15) is 5.11 Å². The molecule has 0 bridgehead atoms. The van der Waals surface area contributed by atoms with Crippen LogP contribution in [0.3, 0.4) is 0 Å². The van der Waals surface area contributed by atoms with Gasteiger partial charge in [0.25, 0.3) is 0 Å². The highest BCUT2D eigenvalue weighted by Crippen LogP contribution is 2.18. The molecule has 1 atom stereocenters. The molecule has 0 aromatic rings. The molecule has 0 amide bonds. The molecular weight excluding hydrogens is 166 g/mol. The fourth-order valence-corrected chi connectivity index (χ4v) is 0.850. The maximum atomic E-state index is 9.63. The van der Waals surface area contributed by atoms with Gasteiger partial charge in [0.1, 0.15) is 0 Å². The fraction of sp³-hybridized carbons (Fsp3) is 0.889. The lowest BCUT2D eigenvalue weighted by atomic mass is 10.1. The van der Waals surface area contributed by atoms with E-state index >= 15 is 0 Å². The Bertz CT molecular complexity index is 197. The molecule has 1 fully saturated rings. The van der Waals surface area contributed by atoms with Gasteiger partial charge in [-0.25, -0.2) is 0 Å². The number of nitrogens with zero attached hydrogens (tertiary/aromatic N) is 1. The summed E-state index contributed by atoms with van der Waals surface area (Å²) in [5, 5.41) is 12.7. The van der Waals surface area contributed by atoms with E-state index < -0.39 is 5.60 Å². The van der Waals surface area contributed by atoms with Crippen molar-refractivity contribution in [2.45, 2.75) is 44.8 Å². The number of guanidine groups is 1. The summed E-state index contributed by atoms with van der Waals surface area (Å²) in [4.78, 5) is 4.08. The van der Waals surface area contributed by atoms with Crippen molar-refractivity contribution in [1.29, 1.82) is 0 Å². The summed E-state index contributed by atoms with van der Waals surface area (Å²) in [6.45, 7) is 4.07. The zero-order valence-electron chi connectivity index (χ0n) is 8.38. The van der Waals surface area contributed by atoms with E-state index in [2.05, 4.69) is 10.3 Å². The molecule has 0 radical (unpaired) electrons. The molecule has 1 aliphatic rings. The van der Waals surface area contributed by atoms with Gasteiger partial charge in [-0.2, -0.15) is 0 Å². The van der Waals surface area contributed by atoms with Crippen LogP contribution in [0.1, 0.15) is 33.1 Å². The van der Waals surface area contributed by atoms with E-state index in [0.717, 1.165) is 0 Å². The first-order chi connectivity index (χ1) is 6.03. The largest absolute Gasteiger partial charge is 0.388 e. The monoisotopic (exact) mass is 185 g/mol. The molecule has 4 nitrogen and oxygen atoms in total. The summed E-state index contributed by atoms with van der Waals surface area (Å²) in [6, 6.07) is 0.523. The summed E-state index contributed by atoms with van der Waals surface area (Å²) in [6.07, 6.45) is 3.05. The van der Waals surface area contributed by atoms with Crippen LogP contribution in [0, 0.1) is 0 Å². The Morgan fingerprint density at radius 1 is 1.69 bits per heavy atom. The highest BCUT2D eigenvalue weighted by Gasteiger charge is 2.22. The summed E-state index contributed by atoms with van der Waals surface area (Å²) in [7, 11) is 0. The molecule has 1 rings (SSSR count). The third kappa shape index (κ3) is 4.12. The smallest absolute Gasteiger partial charge is 0.188 e. The fourth-order valence-electron chi connectivity index (χ4n) is 0.850. The van der Waals surface area contributed by atoms with Crippen molar-refractivity contribution in [3.8, 4) is 0 Å². The summed E-state index contributed by atoms with van der Waals surface area (Å²) in [5.41, 5.74) is 4.88. The molecular formula is C9H19N3O. The van der Waals surface area contributed by atoms with Gasteiger partial charge in [-0.05, 0) is 26.2 Å². The quantitative estimate of drug-likeness (QED) is 0.433. The molecule has 0 heterocycles. The highest BCUT2D eigenvalue weighted by molar-refractivity contribution is 5.78. The number of hydrogen-bond donors (Lipinski definition) is 3. The van der Waals surface area contributed by atoms with E-state index in [1.54, 1.807) is 6.92 Å². The molecule has 0 aromatic carbocycles. The number of aliphatic imine (C=N–C) groups is 1. The topological polar surface area (TPSA) is 70.6 Å². The second-order valence-corrected chi connectivity index (χ2v) is 3.97. The molecule has 1 saturated carbocycles. The molecule has 76 valence electrons. The van der Waals surface area contributed by atoms with E-state index in [-0.39, 0.29) is 0 Å². The predicted octanol–water partition coefficient (Wildman–Crippen LogP) is 0.214. The number of rotatable bonds is 4. The van der Waals surface area contributed by atoms with Gasteiger partial charge in [0.2, 0.25) is 0 Å². The maximum absolute atomic E-state index is 9.63. The van der Waals surface area contributed by atoms with Gasteiger partial charge < -0.3 is 16.2 Å². The molecule has 0 spiro atoms. The van der Waals surface area contributed by atoms with Gasteiger partial charge in [0.05, 0.1) is 12.1 Å². The first-order valence-electron chi connectivity index (χ1n) is 4.82. The highest BCUT2D eigenvalue weighted by atomic mass is 16.3. The van der Waals surface area contributed by atoms with Crippen molar-refractivity contribution in [2.75, 3.05) is 6.54 Å². The molecule has 4 N–H and O–H groups in total. The van der Waals surface area contributed by atoms with E-state index in [1.807, 2.05) is 6.92 Å². The van der Waals surface area contributed by atoms with Gasteiger partial charge in [-0.15, -0.1) is 0 Å². The third-order valence-corrected chi connectivity index (χ3v) is 2.28. The molecule has 1 unspecified atom stereocenters. The van der Waals surface area contributed by atoms with Crippen molar-refractivity contribution in [3.63, 3.8) is 0 Å². The van der Waals surface area contributed by atoms with Crippen molar-refractivity contribution >= 4 is 5.96 Å². The summed E-state index contributed by atoms with van der Waals surface area (Å²) in [5.74, 6) is 0.455. The van der Waals surface area contributed by atoms with Crippen LogP contribution in [0.25, 0.3) is 0 Å². The number of aliphatic hydroxyl groups is 1. The van der Waals surface area contributed by atoms with Crippen LogP contribution >= 0.6 is 0 Å². The van der Waals surface area contributed by atoms with Crippen LogP contribution in [0.2, 0.25) is 0 Å². The van der Waals surface area contributed by atoms with E-state index in [1.165, 1.54) is 12.8 Å². The lowest BCUT2D eigenvalue weighted by Gasteiger charge is -2.18. The number of hydrogen-bond acceptors (Lipinski definition) is 2. The average molecular weight is 185 g/mol. The summed E-state index contributed by atoms with van der Waals surface area (Å²) < 4.78 is 0. The van der Waals surface area contributed by atoms with Gasteiger partial charge in [-0.1, -0.05) is 6.92 Å². The Morgan fingerprint density at radius 2 is 2.31 bits per heavy atom. The van der Waals surface area contributed by atoms with Crippen LogP contribution in [-0.4, -0.2) is 29.3 Å². The van der Waals surface area contributed by atoms with Crippen molar-refractivity contribution < 1.29 is 5.11 Å². The van der Waals surface area contributed by atoms with Crippen molar-refractivity contribution in [2.24, 2.45) is 10.7 Å². The SMILES string of the molecule is CCC(C)(O)CN=C(N)NC1CC1. The normalized spacial score (nSPS) is 22.5. The van der Waals surface area contributed by atoms with Crippen LogP contribution < -0.4 is 11.1 Å². The predicted molar refractivity (Wildman–Crippen MR) is 53.6 cm³/mol. The molecule has 0 aromatic heterocycles. The van der Waals surface area contributed by atoms with E-state index in [4.69, 9.17) is 5.73 Å². The summed E-state index contributed by atoms with van der Waals surface area (Å²) >= 11 is 0. The zero-order valence-corrected chi connectivity index (χ0v) is 8.38. The molecule has 0 aliphatic heterocycles. The second kappa shape index (κ2) is 3.96. The second-order valence-electron chi connectivity index (χ2n) is 3.97. The minimum absolute atomic E-state index is 0.370. The van der Waals surface area contributed by atoms with Gasteiger partial charge in [-0.3, -0.25) is 4.99 Å². The average Bonchev–Trinajstić information content (AvgIpc) is 2.85. The Balaban J connectivity index is 2.27. The van der Waals surface area contributed by atoms with Gasteiger partial charge >= 0.3 is 0 Å². The minimum Gasteiger partial charge on any atom is -0.388 e. The molecule has 0 saturated heterocycles. The molecule has 4 heteroatoms. The van der Waals surface area contributed by atoms with Crippen molar-refractivity contribution in [3.05, 3.63) is 0 Å². The third-order valence-electron chi connectivity index (χ3n) is 2.28. The first-order valence-corrected chi connectivity index (χ1v) is 4.82. The molecule has 1 aliphatic carbocycles. The Kier molecular flexibility index (Phi) is 3.14. The Labute approximate surface area is 79.2 Å². The maximum Gasteiger partial charge on any atom is 0.188 e. The van der Waals surface area contributed by atoms with Crippen LogP contribution in [-0.2, 0) is 0 Å².